The predicted molar refractivity (Wildman–Crippen MR) is 39.4 cm³/mol. The molecule has 0 spiro atoms. The molecule has 0 aliphatic rings. The molecule has 0 aliphatic carbocycles. The van der Waals surface area contributed by atoms with E-state index in [1.807, 2.05) is 0 Å². The Kier molecular flexibility index (Phi) is 4.35. The first-order chi connectivity index (χ1) is 3.72. The van der Waals surface area contributed by atoms with Crippen LogP contribution in [0.4, 0.5) is 0 Å². The fraction of sp³-hybridized carbons (Fsp3) is 1.00. The van der Waals surface area contributed by atoms with E-state index in [2.05, 4.69) is 20.8 Å². The van der Waals surface area contributed by atoms with E-state index in [4.69, 9.17) is 11.6 Å². The van der Waals surface area contributed by atoms with Gasteiger partial charge in [0.05, 0.1) is 0 Å². The van der Waals surface area contributed by atoms with Crippen molar-refractivity contribution in [2.75, 3.05) is 0 Å². The average molecular weight is 135 g/mol. The van der Waals surface area contributed by atoms with Gasteiger partial charge in [-0.05, 0) is 12.8 Å². The van der Waals surface area contributed by atoms with Crippen molar-refractivity contribution in [1.29, 1.82) is 0 Å². The van der Waals surface area contributed by atoms with Crippen LogP contribution in [0.5, 0.6) is 0 Å². The summed E-state index contributed by atoms with van der Waals surface area (Å²) in [4.78, 5) is 0. The minimum absolute atomic E-state index is 0.352. The summed E-state index contributed by atoms with van der Waals surface area (Å²) >= 11 is 5.84. The Morgan fingerprint density at radius 2 is 1.62 bits per heavy atom. The number of halogens is 1. The van der Waals surface area contributed by atoms with Crippen molar-refractivity contribution in [1.82, 2.24) is 0 Å². The van der Waals surface area contributed by atoms with Gasteiger partial charge < -0.3 is 0 Å². The number of hydrogen-bond acceptors (Lipinski definition) is 0. The molecule has 0 N–H and O–H groups in total. The predicted octanol–water partition coefficient (Wildman–Crippen LogP) is 3.05. The SMILES string of the molecule is CCC(CC)C(C)Cl. The molecule has 0 saturated heterocycles. The zero-order chi connectivity index (χ0) is 6.57. The largest absolute Gasteiger partial charge is 0.123 e. The Morgan fingerprint density at radius 3 is 1.62 bits per heavy atom. The van der Waals surface area contributed by atoms with Crippen LogP contribution in [-0.4, -0.2) is 5.38 Å². The second-order valence-corrected chi connectivity index (χ2v) is 2.94. The van der Waals surface area contributed by atoms with Gasteiger partial charge in [0, 0.05) is 5.38 Å². The summed E-state index contributed by atoms with van der Waals surface area (Å²) in [7, 11) is 0. The molecule has 0 fully saturated rings. The van der Waals surface area contributed by atoms with Crippen molar-refractivity contribution in [2.24, 2.45) is 5.92 Å². The van der Waals surface area contributed by atoms with Crippen LogP contribution in [0.25, 0.3) is 0 Å². The van der Waals surface area contributed by atoms with Gasteiger partial charge in [-0.2, -0.15) is 0 Å². The van der Waals surface area contributed by atoms with Crippen molar-refractivity contribution in [2.45, 2.75) is 39.0 Å². The van der Waals surface area contributed by atoms with E-state index < -0.39 is 0 Å². The third kappa shape index (κ3) is 2.56. The molecular weight excluding hydrogens is 120 g/mol. The lowest BCUT2D eigenvalue weighted by molar-refractivity contribution is 0.484. The van der Waals surface area contributed by atoms with Gasteiger partial charge in [-0.25, -0.2) is 0 Å². The Bertz CT molecular complexity index is 46.3. The smallest absolute Gasteiger partial charge is 0.0335 e. The lowest BCUT2D eigenvalue weighted by Crippen LogP contribution is -2.07. The van der Waals surface area contributed by atoms with Crippen LogP contribution in [0.2, 0.25) is 0 Å². The highest BCUT2D eigenvalue weighted by atomic mass is 35.5. The van der Waals surface area contributed by atoms with E-state index in [-0.39, 0.29) is 0 Å². The quantitative estimate of drug-likeness (QED) is 0.521. The molecule has 1 unspecified atom stereocenters. The molecule has 0 aromatic rings. The van der Waals surface area contributed by atoms with Gasteiger partial charge in [0.25, 0.3) is 0 Å². The molecule has 0 saturated carbocycles. The third-order valence-electron chi connectivity index (χ3n) is 1.70. The van der Waals surface area contributed by atoms with Crippen LogP contribution in [0, 0.1) is 5.92 Å². The molecule has 0 aromatic heterocycles. The highest BCUT2D eigenvalue weighted by Gasteiger charge is 2.08. The van der Waals surface area contributed by atoms with E-state index in [9.17, 15) is 0 Å². The number of rotatable bonds is 3. The van der Waals surface area contributed by atoms with E-state index >= 15 is 0 Å². The van der Waals surface area contributed by atoms with Crippen LogP contribution < -0.4 is 0 Å². The van der Waals surface area contributed by atoms with Crippen molar-refractivity contribution in [3.63, 3.8) is 0 Å². The first kappa shape index (κ1) is 8.29. The lowest BCUT2D eigenvalue weighted by atomic mass is 10.0. The fourth-order valence-corrected chi connectivity index (χ4v) is 1.29. The lowest BCUT2D eigenvalue weighted by Gasteiger charge is -2.13. The van der Waals surface area contributed by atoms with Crippen LogP contribution in [0.15, 0.2) is 0 Å². The molecule has 0 radical (unpaired) electrons. The minimum atomic E-state index is 0.352. The van der Waals surface area contributed by atoms with Crippen molar-refractivity contribution < 1.29 is 0 Å². The monoisotopic (exact) mass is 134 g/mol. The molecule has 0 heterocycles. The normalized spacial score (nSPS) is 14.6. The summed E-state index contributed by atoms with van der Waals surface area (Å²) < 4.78 is 0. The zero-order valence-corrected chi connectivity index (χ0v) is 6.70. The first-order valence-electron chi connectivity index (χ1n) is 3.36. The second-order valence-electron chi connectivity index (χ2n) is 2.25. The highest BCUT2D eigenvalue weighted by molar-refractivity contribution is 6.20. The zero-order valence-electron chi connectivity index (χ0n) is 5.95. The van der Waals surface area contributed by atoms with Crippen molar-refractivity contribution in [3.05, 3.63) is 0 Å². The van der Waals surface area contributed by atoms with Gasteiger partial charge >= 0.3 is 0 Å². The Morgan fingerprint density at radius 1 is 1.25 bits per heavy atom. The maximum absolute atomic E-state index is 5.84. The Hall–Kier alpha value is 0.290. The molecular formula is C7H15Cl. The van der Waals surface area contributed by atoms with Gasteiger partial charge in [-0.1, -0.05) is 26.7 Å². The molecule has 0 amide bonds. The second kappa shape index (κ2) is 4.20. The molecule has 0 aliphatic heterocycles. The van der Waals surface area contributed by atoms with Crippen molar-refractivity contribution >= 4 is 11.6 Å². The topological polar surface area (TPSA) is 0 Å². The summed E-state index contributed by atoms with van der Waals surface area (Å²) in [6, 6.07) is 0. The van der Waals surface area contributed by atoms with Crippen LogP contribution >= 0.6 is 11.6 Å². The van der Waals surface area contributed by atoms with Gasteiger partial charge in [-0.3, -0.25) is 0 Å². The number of alkyl halides is 1. The molecule has 1 heteroatoms. The van der Waals surface area contributed by atoms with Crippen LogP contribution in [-0.2, 0) is 0 Å². The summed E-state index contributed by atoms with van der Waals surface area (Å²) in [5, 5.41) is 0.352. The Labute approximate surface area is 57.2 Å². The minimum Gasteiger partial charge on any atom is -0.123 e. The summed E-state index contributed by atoms with van der Waals surface area (Å²) in [6.45, 7) is 6.44. The van der Waals surface area contributed by atoms with Gasteiger partial charge in [-0.15, -0.1) is 11.6 Å². The van der Waals surface area contributed by atoms with Crippen molar-refractivity contribution in [3.8, 4) is 0 Å². The van der Waals surface area contributed by atoms with Gasteiger partial charge in [0.1, 0.15) is 0 Å². The molecule has 0 aromatic carbocycles. The maximum atomic E-state index is 5.84. The molecule has 8 heavy (non-hydrogen) atoms. The summed E-state index contributed by atoms with van der Waals surface area (Å²) in [5.74, 6) is 0.719. The van der Waals surface area contributed by atoms with Gasteiger partial charge in [0.15, 0.2) is 0 Å². The van der Waals surface area contributed by atoms with Gasteiger partial charge in [0.2, 0.25) is 0 Å². The maximum Gasteiger partial charge on any atom is 0.0335 e. The van der Waals surface area contributed by atoms with E-state index in [1.165, 1.54) is 12.8 Å². The van der Waals surface area contributed by atoms with E-state index in [0.717, 1.165) is 5.92 Å². The van der Waals surface area contributed by atoms with E-state index in [0.29, 0.717) is 5.38 Å². The molecule has 0 bridgehead atoms. The van der Waals surface area contributed by atoms with Crippen LogP contribution in [0.3, 0.4) is 0 Å². The standard InChI is InChI=1S/C7H15Cl/c1-4-7(5-2)6(3)8/h6-7H,4-5H2,1-3H3. The summed E-state index contributed by atoms with van der Waals surface area (Å²) in [6.07, 6.45) is 2.42. The molecule has 50 valence electrons. The molecule has 1 atom stereocenters. The third-order valence-corrected chi connectivity index (χ3v) is 2.05. The summed E-state index contributed by atoms with van der Waals surface area (Å²) in [5.41, 5.74) is 0. The average Bonchev–Trinajstić information content (AvgIpc) is 1.69. The van der Waals surface area contributed by atoms with Crippen LogP contribution in [0.1, 0.15) is 33.6 Å². The molecule has 0 rings (SSSR count). The number of hydrogen-bond donors (Lipinski definition) is 0. The fourth-order valence-electron chi connectivity index (χ4n) is 0.938. The van der Waals surface area contributed by atoms with E-state index in [1.54, 1.807) is 0 Å². The molecule has 0 nitrogen and oxygen atoms in total. The first-order valence-corrected chi connectivity index (χ1v) is 3.80. The Balaban J connectivity index is 3.35. The highest BCUT2D eigenvalue weighted by Crippen LogP contribution is 2.16.